The summed E-state index contributed by atoms with van der Waals surface area (Å²) in [6, 6.07) is 18.7. The lowest BCUT2D eigenvalue weighted by Crippen LogP contribution is -2.24. The van der Waals surface area contributed by atoms with Crippen LogP contribution in [0.4, 0.5) is 11.5 Å². The van der Waals surface area contributed by atoms with Gasteiger partial charge in [-0.1, -0.05) is 36.4 Å². The van der Waals surface area contributed by atoms with E-state index < -0.39 is 5.97 Å². The molecular formula is C25H25N3O3. The van der Waals surface area contributed by atoms with Crippen LogP contribution >= 0.6 is 0 Å². The van der Waals surface area contributed by atoms with Gasteiger partial charge in [-0.2, -0.15) is 0 Å². The van der Waals surface area contributed by atoms with Gasteiger partial charge < -0.3 is 15.3 Å². The standard InChI is InChI=1S/C25H25N3O3/c29-24(21-9-6-14-26-23(21)28-15-4-5-16-28)27-22-17-19(12-13-20(22)25(30)31)11-10-18-7-2-1-3-8-18/h1-3,6-9,12-14,17H,4-5,10-11,15-16H2,(H,27,29)(H,30,31). The molecule has 1 fully saturated rings. The van der Waals surface area contributed by atoms with Crippen LogP contribution in [-0.2, 0) is 12.8 Å². The lowest BCUT2D eigenvalue weighted by molar-refractivity contribution is 0.0698. The fourth-order valence-corrected chi connectivity index (χ4v) is 3.91. The van der Waals surface area contributed by atoms with Crippen molar-refractivity contribution in [3.63, 3.8) is 0 Å². The number of hydrogen-bond acceptors (Lipinski definition) is 4. The zero-order chi connectivity index (χ0) is 21.6. The summed E-state index contributed by atoms with van der Waals surface area (Å²) in [6.07, 6.45) is 5.41. The highest BCUT2D eigenvalue weighted by Crippen LogP contribution is 2.25. The Labute approximate surface area is 181 Å². The SMILES string of the molecule is O=C(O)c1ccc(CCc2ccccc2)cc1NC(=O)c1cccnc1N1CCCC1. The van der Waals surface area contributed by atoms with Crippen molar-refractivity contribution in [2.24, 2.45) is 0 Å². The van der Waals surface area contributed by atoms with Crippen molar-refractivity contribution in [3.8, 4) is 0 Å². The largest absolute Gasteiger partial charge is 0.478 e. The molecule has 2 heterocycles. The Bertz CT molecular complexity index is 1080. The summed E-state index contributed by atoms with van der Waals surface area (Å²) in [5.41, 5.74) is 3.01. The number of carbonyl (C=O) groups excluding carboxylic acids is 1. The summed E-state index contributed by atoms with van der Waals surface area (Å²) in [6.45, 7) is 1.74. The van der Waals surface area contributed by atoms with Crippen molar-refractivity contribution >= 4 is 23.4 Å². The van der Waals surface area contributed by atoms with Crippen LogP contribution in [0.25, 0.3) is 0 Å². The summed E-state index contributed by atoms with van der Waals surface area (Å²) in [5.74, 6) is -0.775. The summed E-state index contributed by atoms with van der Waals surface area (Å²) >= 11 is 0. The van der Waals surface area contributed by atoms with Crippen LogP contribution in [0.2, 0.25) is 0 Å². The van der Waals surface area contributed by atoms with E-state index in [4.69, 9.17) is 0 Å². The molecule has 4 rings (SSSR count). The van der Waals surface area contributed by atoms with Gasteiger partial charge in [-0.05, 0) is 61.1 Å². The number of pyridine rings is 1. The molecule has 6 heteroatoms. The van der Waals surface area contributed by atoms with Crippen LogP contribution in [-0.4, -0.2) is 35.1 Å². The molecule has 1 saturated heterocycles. The summed E-state index contributed by atoms with van der Waals surface area (Å²) < 4.78 is 0. The summed E-state index contributed by atoms with van der Waals surface area (Å²) in [4.78, 5) is 31.3. The van der Waals surface area contributed by atoms with Crippen LogP contribution in [0.3, 0.4) is 0 Å². The van der Waals surface area contributed by atoms with Crippen molar-refractivity contribution in [1.29, 1.82) is 0 Å². The van der Waals surface area contributed by atoms with Crippen LogP contribution in [0, 0.1) is 0 Å². The number of benzene rings is 2. The molecule has 2 aromatic carbocycles. The molecule has 1 aliphatic heterocycles. The Morgan fingerprint density at radius 3 is 2.39 bits per heavy atom. The molecule has 0 spiro atoms. The molecule has 158 valence electrons. The Morgan fingerprint density at radius 2 is 1.65 bits per heavy atom. The average molecular weight is 415 g/mol. The van der Waals surface area contributed by atoms with Gasteiger partial charge in [0.25, 0.3) is 5.91 Å². The minimum atomic E-state index is -1.07. The van der Waals surface area contributed by atoms with Crippen LogP contribution in [0.1, 0.15) is 44.7 Å². The molecule has 2 N–H and O–H groups in total. The number of nitrogens with one attached hydrogen (secondary N) is 1. The van der Waals surface area contributed by atoms with Gasteiger partial charge in [-0.15, -0.1) is 0 Å². The number of anilines is 2. The molecule has 0 bridgehead atoms. The van der Waals surface area contributed by atoms with Gasteiger partial charge in [0.1, 0.15) is 5.82 Å². The predicted molar refractivity (Wildman–Crippen MR) is 121 cm³/mol. The molecule has 0 aliphatic carbocycles. The van der Waals surface area contributed by atoms with E-state index in [-0.39, 0.29) is 11.5 Å². The first kappa shape index (κ1) is 20.6. The zero-order valence-corrected chi connectivity index (χ0v) is 17.3. The van der Waals surface area contributed by atoms with E-state index in [0.717, 1.165) is 44.3 Å². The zero-order valence-electron chi connectivity index (χ0n) is 17.3. The minimum Gasteiger partial charge on any atom is -0.478 e. The Kier molecular flexibility index (Phi) is 6.26. The Hall–Kier alpha value is -3.67. The van der Waals surface area contributed by atoms with Crippen molar-refractivity contribution in [1.82, 2.24) is 4.98 Å². The van der Waals surface area contributed by atoms with E-state index in [1.807, 2.05) is 24.3 Å². The van der Waals surface area contributed by atoms with Crippen molar-refractivity contribution in [3.05, 3.63) is 89.1 Å². The number of carbonyl (C=O) groups is 2. The number of rotatable bonds is 7. The minimum absolute atomic E-state index is 0.0726. The van der Waals surface area contributed by atoms with E-state index in [2.05, 4.69) is 27.3 Å². The van der Waals surface area contributed by atoms with Crippen molar-refractivity contribution < 1.29 is 14.7 Å². The van der Waals surface area contributed by atoms with Crippen molar-refractivity contribution in [2.75, 3.05) is 23.3 Å². The van der Waals surface area contributed by atoms with Crippen LogP contribution in [0.15, 0.2) is 66.9 Å². The summed E-state index contributed by atoms with van der Waals surface area (Å²) in [5, 5.41) is 12.4. The molecule has 1 aliphatic rings. The smallest absolute Gasteiger partial charge is 0.337 e. The van der Waals surface area contributed by atoms with E-state index in [0.29, 0.717) is 17.1 Å². The molecule has 0 atom stereocenters. The maximum Gasteiger partial charge on any atom is 0.337 e. The van der Waals surface area contributed by atoms with E-state index in [1.54, 1.807) is 30.5 Å². The number of carboxylic acid groups (broad SMARTS) is 1. The molecule has 3 aromatic rings. The summed E-state index contributed by atoms with van der Waals surface area (Å²) in [7, 11) is 0. The average Bonchev–Trinajstić information content (AvgIpc) is 3.33. The number of nitrogens with zero attached hydrogens (tertiary/aromatic N) is 2. The molecule has 1 aromatic heterocycles. The lowest BCUT2D eigenvalue weighted by Gasteiger charge is -2.19. The topological polar surface area (TPSA) is 82.5 Å². The van der Waals surface area contributed by atoms with Crippen LogP contribution < -0.4 is 10.2 Å². The van der Waals surface area contributed by atoms with Gasteiger partial charge >= 0.3 is 5.97 Å². The normalized spacial score (nSPS) is 13.2. The highest BCUT2D eigenvalue weighted by Gasteiger charge is 2.22. The quantitative estimate of drug-likeness (QED) is 0.597. The van der Waals surface area contributed by atoms with Gasteiger partial charge in [0.2, 0.25) is 0 Å². The third kappa shape index (κ3) is 4.91. The van der Waals surface area contributed by atoms with Gasteiger partial charge in [0.15, 0.2) is 0 Å². The monoisotopic (exact) mass is 415 g/mol. The van der Waals surface area contributed by atoms with Gasteiger partial charge in [-0.3, -0.25) is 4.79 Å². The first-order valence-electron chi connectivity index (χ1n) is 10.5. The second-order valence-electron chi connectivity index (χ2n) is 7.69. The third-order valence-corrected chi connectivity index (χ3v) is 5.54. The fourth-order valence-electron chi connectivity index (χ4n) is 3.91. The van der Waals surface area contributed by atoms with Crippen LogP contribution in [0.5, 0.6) is 0 Å². The first-order valence-corrected chi connectivity index (χ1v) is 10.5. The van der Waals surface area contributed by atoms with Gasteiger partial charge in [0.05, 0.1) is 16.8 Å². The molecule has 6 nitrogen and oxygen atoms in total. The number of aromatic carboxylic acids is 1. The second-order valence-corrected chi connectivity index (χ2v) is 7.69. The predicted octanol–water partition coefficient (Wildman–Crippen LogP) is 4.42. The van der Waals surface area contributed by atoms with Gasteiger partial charge in [-0.25, -0.2) is 9.78 Å². The van der Waals surface area contributed by atoms with Crippen molar-refractivity contribution in [2.45, 2.75) is 25.7 Å². The number of amides is 1. The van der Waals surface area contributed by atoms with Gasteiger partial charge in [0, 0.05) is 19.3 Å². The maximum atomic E-state index is 13.1. The molecular weight excluding hydrogens is 390 g/mol. The van der Waals surface area contributed by atoms with E-state index in [1.165, 1.54) is 5.56 Å². The highest BCUT2D eigenvalue weighted by molar-refractivity contribution is 6.10. The molecule has 1 amide bonds. The molecule has 0 saturated carbocycles. The number of aromatic nitrogens is 1. The Morgan fingerprint density at radius 1 is 0.903 bits per heavy atom. The lowest BCUT2D eigenvalue weighted by atomic mass is 10.0. The molecule has 0 radical (unpaired) electrons. The highest BCUT2D eigenvalue weighted by atomic mass is 16.4. The molecule has 31 heavy (non-hydrogen) atoms. The number of carboxylic acids is 1. The number of hydrogen-bond donors (Lipinski definition) is 2. The third-order valence-electron chi connectivity index (χ3n) is 5.54. The second kappa shape index (κ2) is 9.43. The first-order chi connectivity index (χ1) is 15.1. The van der Waals surface area contributed by atoms with E-state index in [9.17, 15) is 14.7 Å². The fraction of sp³-hybridized carbons (Fsp3) is 0.240. The molecule has 0 unspecified atom stereocenters. The Balaban J connectivity index is 1.56. The maximum absolute atomic E-state index is 13.1. The van der Waals surface area contributed by atoms with E-state index >= 15 is 0 Å². The number of aryl methyl sites for hydroxylation is 2.